The number of hydrogen-bond acceptors (Lipinski definition) is 2. The number of guanidine groups is 1. The second-order valence-corrected chi connectivity index (χ2v) is 5.24. The Labute approximate surface area is 115 Å². The monoisotopic (exact) mass is 263 g/mol. The molecule has 0 amide bonds. The van der Waals surface area contributed by atoms with Gasteiger partial charge in [0.15, 0.2) is 5.96 Å². The van der Waals surface area contributed by atoms with Crippen LogP contribution in [0, 0.1) is 0 Å². The molecule has 5 heteroatoms. The third-order valence-corrected chi connectivity index (χ3v) is 3.65. The van der Waals surface area contributed by atoms with Crippen LogP contribution in [0.5, 0.6) is 0 Å². The fourth-order valence-corrected chi connectivity index (χ4v) is 2.52. The fraction of sp³-hybridized carbons (Fsp3) is 0.714. The van der Waals surface area contributed by atoms with Crippen molar-refractivity contribution in [3.8, 4) is 0 Å². The van der Waals surface area contributed by atoms with Crippen molar-refractivity contribution in [2.45, 2.75) is 64.6 Å². The van der Waals surface area contributed by atoms with E-state index < -0.39 is 0 Å². The molecule has 1 aliphatic rings. The van der Waals surface area contributed by atoms with E-state index in [2.05, 4.69) is 22.3 Å². The van der Waals surface area contributed by atoms with Gasteiger partial charge >= 0.3 is 0 Å². The zero-order chi connectivity index (χ0) is 13.5. The van der Waals surface area contributed by atoms with Gasteiger partial charge in [-0.05, 0) is 19.8 Å². The average molecular weight is 263 g/mol. The van der Waals surface area contributed by atoms with Crippen molar-refractivity contribution in [3.63, 3.8) is 0 Å². The van der Waals surface area contributed by atoms with Gasteiger partial charge in [-0.1, -0.05) is 25.7 Å². The van der Waals surface area contributed by atoms with Crippen molar-refractivity contribution in [1.29, 1.82) is 0 Å². The smallest absolute Gasteiger partial charge is 0.189 e. The van der Waals surface area contributed by atoms with E-state index in [9.17, 15) is 0 Å². The van der Waals surface area contributed by atoms with Gasteiger partial charge < -0.3 is 11.1 Å². The van der Waals surface area contributed by atoms with E-state index in [-0.39, 0.29) is 0 Å². The Morgan fingerprint density at radius 2 is 2.16 bits per heavy atom. The molecule has 0 unspecified atom stereocenters. The summed E-state index contributed by atoms with van der Waals surface area (Å²) < 4.78 is 1.90. The fourth-order valence-electron chi connectivity index (χ4n) is 2.52. The summed E-state index contributed by atoms with van der Waals surface area (Å²) in [6.45, 7) is 3.56. The minimum absolute atomic E-state index is 0.504. The molecule has 1 aliphatic carbocycles. The SMILES string of the molecule is CCn1cc(CN=C(N)NC2CCCCCC2)cn1. The lowest BCUT2D eigenvalue weighted by atomic mass is 10.1. The van der Waals surface area contributed by atoms with Gasteiger partial charge in [-0.25, -0.2) is 4.99 Å². The van der Waals surface area contributed by atoms with Gasteiger partial charge in [0.05, 0.1) is 12.7 Å². The maximum atomic E-state index is 5.95. The van der Waals surface area contributed by atoms with Crippen LogP contribution in [0.2, 0.25) is 0 Å². The number of aliphatic imine (C=N–C) groups is 1. The maximum absolute atomic E-state index is 5.95. The highest BCUT2D eigenvalue weighted by atomic mass is 15.3. The molecule has 0 aromatic carbocycles. The van der Waals surface area contributed by atoms with Crippen LogP contribution < -0.4 is 11.1 Å². The van der Waals surface area contributed by atoms with Crippen molar-refractivity contribution in [3.05, 3.63) is 18.0 Å². The Hall–Kier alpha value is -1.52. The van der Waals surface area contributed by atoms with E-state index in [0.29, 0.717) is 18.5 Å². The lowest BCUT2D eigenvalue weighted by Gasteiger charge is -2.16. The summed E-state index contributed by atoms with van der Waals surface area (Å²) in [5.74, 6) is 0.566. The molecule has 106 valence electrons. The molecule has 1 aromatic heterocycles. The third-order valence-electron chi connectivity index (χ3n) is 3.65. The van der Waals surface area contributed by atoms with Crippen LogP contribution in [0.25, 0.3) is 0 Å². The lowest BCUT2D eigenvalue weighted by molar-refractivity contribution is 0.530. The number of hydrogen-bond donors (Lipinski definition) is 2. The average Bonchev–Trinajstić information content (AvgIpc) is 2.73. The van der Waals surface area contributed by atoms with Crippen LogP contribution in [0.3, 0.4) is 0 Å². The number of aromatic nitrogens is 2. The van der Waals surface area contributed by atoms with E-state index in [1.807, 2.05) is 17.1 Å². The Kier molecular flexibility index (Phi) is 5.24. The molecule has 1 saturated carbocycles. The molecule has 5 nitrogen and oxygen atoms in total. The van der Waals surface area contributed by atoms with Crippen molar-refractivity contribution in [2.75, 3.05) is 0 Å². The molecule has 1 heterocycles. The molecule has 0 saturated heterocycles. The van der Waals surface area contributed by atoms with Gasteiger partial charge in [-0.3, -0.25) is 4.68 Å². The highest BCUT2D eigenvalue weighted by Gasteiger charge is 2.12. The van der Waals surface area contributed by atoms with Crippen LogP contribution in [0.15, 0.2) is 17.4 Å². The van der Waals surface area contributed by atoms with Crippen molar-refractivity contribution in [1.82, 2.24) is 15.1 Å². The van der Waals surface area contributed by atoms with Gasteiger partial charge in [-0.15, -0.1) is 0 Å². The Morgan fingerprint density at radius 3 is 2.79 bits per heavy atom. The van der Waals surface area contributed by atoms with Crippen LogP contribution in [-0.2, 0) is 13.1 Å². The largest absolute Gasteiger partial charge is 0.370 e. The standard InChI is InChI=1S/C14H25N5/c1-2-19-11-12(10-17-19)9-16-14(15)18-13-7-5-3-4-6-8-13/h10-11,13H,2-9H2,1H3,(H3,15,16,18). The summed E-state index contributed by atoms with van der Waals surface area (Å²) in [4.78, 5) is 4.40. The molecular formula is C14H25N5. The number of nitrogens with zero attached hydrogens (tertiary/aromatic N) is 3. The third kappa shape index (κ3) is 4.58. The second-order valence-electron chi connectivity index (χ2n) is 5.24. The summed E-state index contributed by atoms with van der Waals surface area (Å²) in [5, 5.41) is 7.58. The highest BCUT2D eigenvalue weighted by molar-refractivity contribution is 5.78. The molecule has 19 heavy (non-hydrogen) atoms. The topological polar surface area (TPSA) is 68.2 Å². The zero-order valence-electron chi connectivity index (χ0n) is 11.8. The van der Waals surface area contributed by atoms with Gasteiger partial charge in [0, 0.05) is 24.3 Å². The first-order chi connectivity index (χ1) is 9.28. The van der Waals surface area contributed by atoms with Crippen molar-refractivity contribution in [2.24, 2.45) is 10.7 Å². The predicted octanol–water partition coefficient (Wildman–Crippen LogP) is 2.03. The minimum Gasteiger partial charge on any atom is -0.370 e. The number of nitrogens with two attached hydrogens (primary N) is 1. The van der Waals surface area contributed by atoms with Gasteiger partial charge in [0.1, 0.15) is 0 Å². The summed E-state index contributed by atoms with van der Waals surface area (Å²) in [6.07, 6.45) is 11.6. The Bertz CT molecular complexity index is 402. The van der Waals surface area contributed by atoms with Crippen LogP contribution >= 0.6 is 0 Å². The second kappa shape index (κ2) is 7.16. The van der Waals surface area contributed by atoms with Gasteiger partial charge in [-0.2, -0.15) is 5.10 Å². The van der Waals surface area contributed by atoms with E-state index in [1.165, 1.54) is 38.5 Å². The minimum atomic E-state index is 0.504. The molecule has 0 radical (unpaired) electrons. The van der Waals surface area contributed by atoms with Crippen LogP contribution in [0.1, 0.15) is 51.0 Å². The molecule has 1 aromatic rings. The predicted molar refractivity (Wildman–Crippen MR) is 77.9 cm³/mol. The quantitative estimate of drug-likeness (QED) is 0.496. The van der Waals surface area contributed by atoms with Crippen LogP contribution in [0.4, 0.5) is 0 Å². The molecule has 0 atom stereocenters. The maximum Gasteiger partial charge on any atom is 0.189 e. The van der Waals surface area contributed by atoms with Gasteiger partial charge in [0.25, 0.3) is 0 Å². The summed E-state index contributed by atoms with van der Waals surface area (Å²) in [7, 11) is 0. The summed E-state index contributed by atoms with van der Waals surface area (Å²) in [5.41, 5.74) is 7.06. The molecular weight excluding hydrogens is 238 g/mol. The van der Waals surface area contributed by atoms with E-state index in [0.717, 1.165) is 12.1 Å². The first-order valence-corrected chi connectivity index (χ1v) is 7.35. The first kappa shape index (κ1) is 13.9. The molecule has 2 rings (SSSR count). The zero-order valence-corrected chi connectivity index (χ0v) is 11.8. The lowest BCUT2D eigenvalue weighted by Crippen LogP contribution is -2.39. The highest BCUT2D eigenvalue weighted by Crippen LogP contribution is 2.16. The van der Waals surface area contributed by atoms with Crippen LogP contribution in [-0.4, -0.2) is 21.8 Å². The number of aryl methyl sites for hydroxylation is 1. The molecule has 0 spiro atoms. The number of rotatable bonds is 4. The summed E-state index contributed by atoms with van der Waals surface area (Å²) in [6, 6.07) is 0.504. The molecule has 3 N–H and O–H groups in total. The van der Waals surface area contributed by atoms with E-state index in [1.54, 1.807) is 0 Å². The normalized spacial score (nSPS) is 18.3. The Balaban J connectivity index is 1.81. The van der Waals surface area contributed by atoms with E-state index in [4.69, 9.17) is 5.73 Å². The Morgan fingerprint density at radius 1 is 1.42 bits per heavy atom. The van der Waals surface area contributed by atoms with Gasteiger partial charge in [0.2, 0.25) is 0 Å². The number of nitrogens with one attached hydrogen (secondary N) is 1. The first-order valence-electron chi connectivity index (χ1n) is 7.35. The molecule has 1 fully saturated rings. The molecule has 0 bridgehead atoms. The van der Waals surface area contributed by atoms with Crippen molar-refractivity contribution < 1.29 is 0 Å². The van der Waals surface area contributed by atoms with Crippen molar-refractivity contribution >= 4 is 5.96 Å². The summed E-state index contributed by atoms with van der Waals surface area (Å²) >= 11 is 0. The molecule has 0 aliphatic heterocycles. The van der Waals surface area contributed by atoms with E-state index >= 15 is 0 Å².